The average Bonchev–Trinajstić information content (AvgIpc) is 2.96. The van der Waals surface area contributed by atoms with Gasteiger partial charge in [-0.2, -0.15) is 0 Å². The molecule has 0 aromatic carbocycles. The smallest absolute Gasteiger partial charge is 0.317 e. The summed E-state index contributed by atoms with van der Waals surface area (Å²) in [5.74, 6) is 0. The molecule has 2 fully saturated rings. The van der Waals surface area contributed by atoms with Crippen molar-refractivity contribution >= 4 is 15.8 Å². The monoisotopic (exact) mass is 370 g/mol. The molecule has 10 radical (unpaired) electrons. The fourth-order valence-electron chi connectivity index (χ4n) is 0.642. The van der Waals surface area contributed by atoms with E-state index >= 15 is 0 Å². The molecule has 0 unspecified atom stereocenters. The van der Waals surface area contributed by atoms with Crippen LogP contribution in [0.4, 0.5) is 0 Å². The molecular weight excluding hydrogens is 345 g/mol. The number of hydrogen-bond acceptors (Lipinski definition) is 0. The summed E-state index contributed by atoms with van der Waals surface area (Å²) in [4.78, 5) is 0. The number of rotatable bonds is 0. The van der Waals surface area contributed by atoms with Gasteiger partial charge in [0.2, 0.25) is 0 Å². The van der Waals surface area contributed by atoms with Crippen LogP contribution in [0.15, 0.2) is 0 Å². The largest absolute Gasteiger partial charge is 2.00 e. The van der Waals surface area contributed by atoms with Gasteiger partial charge in [0.25, 0.3) is 0 Å². The van der Waals surface area contributed by atoms with Crippen molar-refractivity contribution in [3.8, 4) is 0 Å². The Labute approximate surface area is 145 Å². The van der Waals surface area contributed by atoms with Crippen LogP contribution in [0.3, 0.4) is 0 Å². The summed E-state index contributed by atoms with van der Waals surface area (Å²) in [5, 5.41) is 0. The maximum absolute atomic E-state index is 3.70. The van der Waals surface area contributed by atoms with E-state index in [-0.39, 0.29) is 42.0 Å². The Morgan fingerprint density at radius 2 is 0.526 bits per heavy atom. The van der Waals surface area contributed by atoms with Crippen LogP contribution in [0.1, 0.15) is 0 Å². The first-order valence-corrected chi connectivity index (χ1v) is 10.6. The second-order valence-electron chi connectivity index (χ2n) is 4.08. The molecule has 0 nitrogen and oxygen atoms in total. The van der Waals surface area contributed by atoms with Crippen LogP contribution >= 0.6 is 15.8 Å². The molecular formula is C16H26P2Zr. The van der Waals surface area contributed by atoms with Crippen molar-refractivity contribution in [2.45, 2.75) is 0 Å². The molecule has 0 spiro atoms. The van der Waals surface area contributed by atoms with Crippen molar-refractivity contribution in [1.29, 1.82) is 0 Å². The van der Waals surface area contributed by atoms with Crippen LogP contribution < -0.4 is 0 Å². The zero-order valence-corrected chi connectivity index (χ0v) is 16.8. The maximum atomic E-state index is 3.70. The van der Waals surface area contributed by atoms with Gasteiger partial charge in [0.05, 0.1) is 0 Å². The summed E-state index contributed by atoms with van der Waals surface area (Å²) in [5.41, 5.74) is 0. The van der Waals surface area contributed by atoms with E-state index in [0.29, 0.717) is 0 Å². The molecule has 0 bridgehead atoms. The van der Waals surface area contributed by atoms with Crippen molar-refractivity contribution in [3.05, 3.63) is 77.5 Å². The third-order valence-corrected chi connectivity index (χ3v) is 1.11. The normalized spacial score (nSPS) is 16.4. The molecule has 2 aliphatic rings. The molecule has 0 heterocycles. The average molecular weight is 372 g/mol. The van der Waals surface area contributed by atoms with Crippen LogP contribution in [0.2, 0.25) is 0 Å². The van der Waals surface area contributed by atoms with E-state index in [1.54, 1.807) is 0 Å². The molecule has 2 rings (SSSR count). The molecule has 0 aromatic rings. The van der Waals surface area contributed by atoms with Crippen LogP contribution in [0, 0.1) is 77.5 Å². The van der Waals surface area contributed by atoms with Crippen LogP contribution in [0.5, 0.6) is 0 Å². The van der Waals surface area contributed by atoms with Crippen molar-refractivity contribution in [2.75, 3.05) is 26.7 Å². The third kappa shape index (κ3) is 45.1. The first-order valence-electron chi connectivity index (χ1n) is 5.75. The van der Waals surface area contributed by atoms with Crippen molar-refractivity contribution in [3.63, 3.8) is 0 Å². The predicted octanol–water partition coefficient (Wildman–Crippen LogP) is 5.08. The summed E-state index contributed by atoms with van der Waals surface area (Å²) in [6.45, 7) is 15.9. The second-order valence-corrected chi connectivity index (χ2v) is 8.40. The zero-order valence-electron chi connectivity index (χ0n) is 12.6. The minimum Gasteiger partial charge on any atom is -0.317 e. The van der Waals surface area contributed by atoms with Crippen LogP contribution in [-0.2, 0) is 26.2 Å². The van der Waals surface area contributed by atoms with Gasteiger partial charge in [0, 0.05) is 0 Å². The van der Waals surface area contributed by atoms with Gasteiger partial charge in [0.1, 0.15) is 0 Å². The summed E-state index contributed by atoms with van der Waals surface area (Å²) >= 11 is 0. The standard InChI is InChI=1S/2C5H5.2C3H8P.Zr/c2*1-2-4-5-3-1;2*1-4(2)3;/h2*1-5H;2*1H2,2-3H3;/q;;2*-1;+2. The van der Waals surface area contributed by atoms with Gasteiger partial charge in [-0.1, -0.05) is 26.7 Å². The fourth-order valence-corrected chi connectivity index (χ4v) is 0.642. The van der Waals surface area contributed by atoms with Gasteiger partial charge >= 0.3 is 26.2 Å². The molecule has 3 heteroatoms. The molecule has 2 saturated carbocycles. The Morgan fingerprint density at radius 3 is 0.579 bits per heavy atom. The van der Waals surface area contributed by atoms with Crippen molar-refractivity contribution in [2.24, 2.45) is 0 Å². The Hall–Kier alpha value is 1.74. The van der Waals surface area contributed by atoms with E-state index in [4.69, 9.17) is 0 Å². The molecule has 0 aromatic heterocycles. The quantitative estimate of drug-likeness (QED) is 0.411. The van der Waals surface area contributed by atoms with Gasteiger partial charge < -0.3 is 13.3 Å². The molecule has 0 N–H and O–H groups in total. The van der Waals surface area contributed by atoms with E-state index in [9.17, 15) is 0 Å². The predicted molar refractivity (Wildman–Crippen MR) is 91.3 cm³/mol. The minimum atomic E-state index is 0. The van der Waals surface area contributed by atoms with Gasteiger partial charge in [0.15, 0.2) is 0 Å². The van der Waals surface area contributed by atoms with Gasteiger partial charge in [-0.25, -0.2) is 0 Å². The van der Waals surface area contributed by atoms with E-state index in [0.717, 1.165) is 0 Å². The zero-order chi connectivity index (χ0) is 14.2. The molecule has 19 heavy (non-hydrogen) atoms. The van der Waals surface area contributed by atoms with Gasteiger partial charge in [-0.15, -0.1) is 0 Å². The van der Waals surface area contributed by atoms with E-state index < -0.39 is 0 Å². The van der Waals surface area contributed by atoms with Gasteiger partial charge in [-0.3, -0.25) is 15.8 Å². The Balaban J connectivity index is -0.000000178. The molecule has 0 amide bonds. The molecule has 2 aliphatic carbocycles. The fraction of sp³-hybridized carbons (Fsp3) is 0.250. The summed E-state index contributed by atoms with van der Waals surface area (Å²) in [6.07, 6.45) is 20.0. The summed E-state index contributed by atoms with van der Waals surface area (Å²) in [7, 11) is 0.259. The Bertz CT molecular complexity index is 94.0. The summed E-state index contributed by atoms with van der Waals surface area (Å²) < 4.78 is 0. The first-order chi connectivity index (χ1) is 8.46. The van der Waals surface area contributed by atoms with Crippen LogP contribution in [-0.4, -0.2) is 26.7 Å². The topological polar surface area (TPSA) is 0 Å². The van der Waals surface area contributed by atoms with Crippen molar-refractivity contribution < 1.29 is 26.2 Å². The SMILES string of the molecule is [CH2-]P(C)C.[CH2-]P(C)C.[CH]1[CH][CH][CH][CH]1.[CH]1[CH][CH][CH][CH]1.[Zr+2]. The molecule has 0 saturated heterocycles. The van der Waals surface area contributed by atoms with Crippen molar-refractivity contribution in [1.82, 2.24) is 0 Å². The minimum absolute atomic E-state index is 0. The second kappa shape index (κ2) is 22.0. The number of hydrogen-bond donors (Lipinski definition) is 0. The van der Waals surface area contributed by atoms with Gasteiger partial charge in [-0.05, 0) is 64.2 Å². The van der Waals surface area contributed by atoms with E-state index in [1.165, 1.54) is 0 Å². The third-order valence-electron chi connectivity index (χ3n) is 1.11. The molecule has 104 valence electrons. The molecule has 0 aliphatic heterocycles. The summed E-state index contributed by atoms with van der Waals surface area (Å²) in [6, 6.07) is 0. The van der Waals surface area contributed by atoms with E-state index in [2.05, 4.69) is 40.0 Å². The Kier molecular flexibility index (Phi) is 29.8. The first kappa shape index (κ1) is 25.7. The van der Waals surface area contributed by atoms with E-state index in [1.807, 2.05) is 64.2 Å². The molecule has 0 atom stereocenters. The Morgan fingerprint density at radius 1 is 0.474 bits per heavy atom. The van der Waals surface area contributed by atoms with Crippen LogP contribution in [0.25, 0.3) is 0 Å². The maximum Gasteiger partial charge on any atom is 2.00 e.